The number of aryl methyl sites for hydroxylation is 1. The van der Waals surface area contributed by atoms with Crippen LogP contribution in [-0.4, -0.2) is 32.1 Å². The van der Waals surface area contributed by atoms with E-state index in [4.69, 9.17) is 19.6 Å². The molecule has 1 aromatic heterocycles. The summed E-state index contributed by atoms with van der Waals surface area (Å²) in [5, 5.41) is 32.6. The maximum atomic E-state index is 12.3. The first-order chi connectivity index (χ1) is 14.9. The van der Waals surface area contributed by atoms with Crippen LogP contribution in [0.3, 0.4) is 0 Å². The first-order valence-corrected chi connectivity index (χ1v) is 9.92. The SMILES string of the molecule is CCc1ccc(-c2ccc(CO[C@](C)(C(=O)NO)[C@@H](O)c3cc(CO)on3)cc2)cc1. The first-order valence-electron chi connectivity index (χ1n) is 9.92. The van der Waals surface area contributed by atoms with Gasteiger partial charge in [-0.25, -0.2) is 5.48 Å². The molecule has 0 radical (unpaired) electrons. The van der Waals surface area contributed by atoms with E-state index >= 15 is 0 Å². The Labute approximate surface area is 180 Å². The van der Waals surface area contributed by atoms with Crippen LogP contribution in [-0.2, 0) is 29.2 Å². The maximum absolute atomic E-state index is 12.3. The van der Waals surface area contributed by atoms with E-state index in [1.54, 1.807) is 0 Å². The molecule has 1 heterocycles. The Morgan fingerprint density at radius 2 is 1.71 bits per heavy atom. The molecule has 3 aromatic rings. The monoisotopic (exact) mass is 426 g/mol. The minimum absolute atomic E-state index is 0.000735. The summed E-state index contributed by atoms with van der Waals surface area (Å²) in [5.41, 5.74) is 3.85. The molecule has 0 spiro atoms. The molecule has 0 aliphatic heterocycles. The summed E-state index contributed by atoms with van der Waals surface area (Å²) in [7, 11) is 0. The fourth-order valence-electron chi connectivity index (χ4n) is 3.15. The molecule has 3 rings (SSSR count). The van der Waals surface area contributed by atoms with Gasteiger partial charge in [0.2, 0.25) is 0 Å². The Hall–Kier alpha value is -3.04. The number of benzene rings is 2. The molecule has 0 saturated heterocycles. The Balaban J connectivity index is 1.74. The molecule has 2 atom stereocenters. The van der Waals surface area contributed by atoms with Crippen molar-refractivity contribution in [1.29, 1.82) is 0 Å². The van der Waals surface area contributed by atoms with Gasteiger partial charge in [-0.1, -0.05) is 60.6 Å². The molecule has 4 N–H and O–H groups in total. The van der Waals surface area contributed by atoms with Gasteiger partial charge in [-0.3, -0.25) is 10.0 Å². The molecule has 1 amide bonds. The number of hydroxylamine groups is 1. The van der Waals surface area contributed by atoms with Crippen LogP contribution in [0.4, 0.5) is 0 Å². The fourth-order valence-corrected chi connectivity index (χ4v) is 3.15. The second-order valence-corrected chi connectivity index (χ2v) is 7.36. The van der Waals surface area contributed by atoms with Gasteiger partial charge in [0, 0.05) is 6.07 Å². The molecule has 0 saturated carbocycles. The molecule has 0 bridgehead atoms. The van der Waals surface area contributed by atoms with Crippen molar-refractivity contribution in [2.45, 2.75) is 45.2 Å². The molecule has 0 fully saturated rings. The third kappa shape index (κ3) is 5.00. The molecular weight excluding hydrogens is 400 g/mol. The number of carbonyl (C=O) groups excluding carboxylic acids is 1. The lowest BCUT2D eigenvalue weighted by molar-refractivity contribution is -0.174. The molecule has 0 aliphatic carbocycles. The van der Waals surface area contributed by atoms with Crippen molar-refractivity contribution in [3.63, 3.8) is 0 Å². The first kappa shape index (κ1) is 22.6. The molecule has 31 heavy (non-hydrogen) atoms. The van der Waals surface area contributed by atoms with Gasteiger partial charge in [0.25, 0.3) is 5.91 Å². The molecule has 8 heteroatoms. The van der Waals surface area contributed by atoms with E-state index in [1.165, 1.54) is 24.0 Å². The summed E-state index contributed by atoms with van der Waals surface area (Å²) < 4.78 is 10.6. The predicted octanol–water partition coefficient (Wildman–Crippen LogP) is 2.91. The van der Waals surface area contributed by atoms with Crippen molar-refractivity contribution in [3.8, 4) is 11.1 Å². The Bertz CT molecular complexity index is 1000. The van der Waals surface area contributed by atoms with Crippen LogP contribution in [0.2, 0.25) is 0 Å². The van der Waals surface area contributed by atoms with Crippen molar-refractivity contribution < 1.29 is 29.5 Å². The van der Waals surface area contributed by atoms with Crippen molar-refractivity contribution in [2.24, 2.45) is 0 Å². The van der Waals surface area contributed by atoms with Gasteiger partial charge in [-0.15, -0.1) is 0 Å². The second kappa shape index (κ2) is 9.84. The van der Waals surface area contributed by atoms with E-state index in [1.807, 2.05) is 24.3 Å². The quantitative estimate of drug-likeness (QED) is 0.306. The second-order valence-electron chi connectivity index (χ2n) is 7.36. The molecule has 2 aromatic carbocycles. The van der Waals surface area contributed by atoms with Crippen molar-refractivity contribution in [3.05, 3.63) is 77.2 Å². The van der Waals surface area contributed by atoms with E-state index < -0.39 is 24.2 Å². The zero-order chi connectivity index (χ0) is 22.4. The zero-order valence-electron chi connectivity index (χ0n) is 17.4. The summed E-state index contributed by atoms with van der Waals surface area (Å²) in [5.74, 6) is -0.815. The van der Waals surface area contributed by atoms with Gasteiger partial charge in [0.1, 0.15) is 18.4 Å². The number of aromatic nitrogens is 1. The maximum Gasteiger partial charge on any atom is 0.278 e. The number of ether oxygens (including phenoxy) is 1. The number of hydrogen-bond donors (Lipinski definition) is 4. The summed E-state index contributed by atoms with van der Waals surface area (Å²) in [6.07, 6.45) is -0.557. The number of nitrogens with one attached hydrogen (secondary N) is 1. The van der Waals surface area contributed by atoms with E-state index in [9.17, 15) is 9.90 Å². The summed E-state index contributed by atoms with van der Waals surface area (Å²) >= 11 is 0. The third-order valence-corrected chi connectivity index (χ3v) is 5.28. The number of nitrogens with zero attached hydrogens (tertiary/aromatic N) is 1. The number of amides is 1. The minimum Gasteiger partial charge on any atom is -0.388 e. The highest BCUT2D eigenvalue weighted by atomic mass is 16.5. The van der Waals surface area contributed by atoms with Crippen LogP contribution in [0, 0.1) is 0 Å². The Morgan fingerprint density at radius 1 is 1.13 bits per heavy atom. The van der Waals surface area contributed by atoms with Gasteiger partial charge in [-0.05, 0) is 35.6 Å². The van der Waals surface area contributed by atoms with E-state index in [2.05, 4.69) is 36.3 Å². The Morgan fingerprint density at radius 3 is 2.19 bits per heavy atom. The van der Waals surface area contributed by atoms with Gasteiger partial charge in [0.05, 0.1) is 6.61 Å². The van der Waals surface area contributed by atoms with E-state index in [0.717, 1.165) is 23.1 Å². The highest BCUT2D eigenvalue weighted by Crippen LogP contribution is 2.31. The lowest BCUT2D eigenvalue weighted by atomic mass is 9.95. The smallest absolute Gasteiger partial charge is 0.278 e. The number of rotatable bonds is 9. The van der Waals surface area contributed by atoms with Crippen molar-refractivity contribution in [2.75, 3.05) is 0 Å². The molecular formula is C23H26N2O6. The Kier molecular flexibility index (Phi) is 7.19. The van der Waals surface area contributed by atoms with Gasteiger partial charge >= 0.3 is 0 Å². The highest BCUT2D eigenvalue weighted by Gasteiger charge is 2.44. The summed E-state index contributed by atoms with van der Waals surface area (Å²) in [6.45, 7) is 3.04. The van der Waals surface area contributed by atoms with E-state index in [0.29, 0.717) is 0 Å². The molecule has 8 nitrogen and oxygen atoms in total. The van der Waals surface area contributed by atoms with Gasteiger partial charge < -0.3 is 19.5 Å². The number of carbonyl (C=O) groups is 1. The molecule has 164 valence electrons. The highest BCUT2D eigenvalue weighted by molar-refractivity contribution is 5.84. The van der Waals surface area contributed by atoms with E-state index in [-0.39, 0.29) is 18.1 Å². The van der Waals surface area contributed by atoms with Crippen LogP contribution in [0.5, 0.6) is 0 Å². The fraction of sp³-hybridized carbons (Fsp3) is 0.304. The van der Waals surface area contributed by atoms with Crippen molar-refractivity contribution in [1.82, 2.24) is 10.6 Å². The van der Waals surface area contributed by atoms with Crippen LogP contribution in [0.25, 0.3) is 11.1 Å². The van der Waals surface area contributed by atoms with Crippen molar-refractivity contribution >= 4 is 5.91 Å². The summed E-state index contributed by atoms with van der Waals surface area (Å²) in [4.78, 5) is 12.3. The normalized spacial score (nSPS) is 14.1. The molecule has 0 unspecified atom stereocenters. The summed E-state index contributed by atoms with van der Waals surface area (Å²) in [6, 6.07) is 17.3. The number of hydrogen-bond acceptors (Lipinski definition) is 7. The zero-order valence-corrected chi connectivity index (χ0v) is 17.4. The minimum atomic E-state index is -1.85. The number of aliphatic hydroxyl groups excluding tert-OH is 2. The molecule has 0 aliphatic rings. The van der Waals surface area contributed by atoms with Gasteiger partial charge in [-0.2, -0.15) is 0 Å². The largest absolute Gasteiger partial charge is 0.388 e. The third-order valence-electron chi connectivity index (χ3n) is 5.28. The predicted molar refractivity (Wildman–Crippen MR) is 112 cm³/mol. The van der Waals surface area contributed by atoms with Crippen LogP contribution in [0.1, 0.15) is 42.5 Å². The van der Waals surface area contributed by atoms with Crippen LogP contribution < -0.4 is 5.48 Å². The topological polar surface area (TPSA) is 125 Å². The lowest BCUT2D eigenvalue weighted by Gasteiger charge is -2.31. The average Bonchev–Trinajstić information content (AvgIpc) is 3.31. The van der Waals surface area contributed by atoms with Crippen LogP contribution in [0.15, 0.2) is 59.1 Å². The average molecular weight is 426 g/mol. The van der Waals surface area contributed by atoms with Gasteiger partial charge in [0.15, 0.2) is 11.4 Å². The standard InChI is InChI=1S/C23H26N2O6/c1-3-15-4-8-17(9-5-15)18-10-6-16(7-11-18)14-30-23(2,22(28)24-29)21(27)20-12-19(13-26)31-25-20/h4-12,21,26-27,29H,3,13-14H2,1-2H3,(H,24,28)/t21-,23-/m0/s1. The number of aliphatic hydroxyl groups is 2. The lowest BCUT2D eigenvalue weighted by Crippen LogP contribution is -2.50. The van der Waals surface area contributed by atoms with Crippen LogP contribution >= 0.6 is 0 Å².